The second-order valence-electron chi connectivity index (χ2n) is 8.32. The van der Waals surface area contributed by atoms with Gasteiger partial charge >= 0.3 is 0 Å². The largest absolute Gasteiger partial charge is 0.349 e. The lowest BCUT2D eigenvalue weighted by Crippen LogP contribution is -2.38. The summed E-state index contributed by atoms with van der Waals surface area (Å²) in [6.45, 7) is 3.78. The number of amides is 1. The van der Waals surface area contributed by atoms with Gasteiger partial charge in [0.2, 0.25) is 0 Å². The van der Waals surface area contributed by atoms with E-state index >= 15 is 0 Å². The average molecular weight is 433 g/mol. The first-order chi connectivity index (χ1) is 13.7. The summed E-state index contributed by atoms with van der Waals surface area (Å²) < 4.78 is 28.5. The number of hydrogen-bond acceptors (Lipinski definition) is 3. The lowest BCUT2D eigenvalue weighted by atomic mass is 9.95. The molecule has 7 heteroatoms. The Labute approximate surface area is 176 Å². The van der Waals surface area contributed by atoms with Crippen molar-refractivity contribution in [3.63, 3.8) is 0 Å². The monoisotopic (exact) mass is 432 g/mol. The molecule has 0 saturated heterocycles. The molecule has 2 aliphatic carbocycles. The zero-order valence-electron chi connectivity index (χ0n) is 16.5. The quantitative estimate of drug-likeness (QED) is 0.720. The van der Waals surface area contributed by atoms with E-state index in [2.05, 4.69) is 10.0 Å². The first kappa shape index (κ1) is 20.2. The van der Waals surface area contributed by atoms with Gasteiger partial charge in [-0.05, 0) is 74.8 Å². The SMILES string of the molecule is Cc1ccc(NS(=O)(=O)c2cc(C(=O)N[C@@H]3C[C@H]4CC[C@H]3C4)ccc2Cl)c(C)c1. The Morgan fingerprint density at radius 3 is 2.52 bits per heavy atom. The predicted octanol–water partition coefficient (Wildman–Crippen LogP) is 4.68. The Hall–Kier alpha value is -2.05. The van der Waals surface area contributed by atoms with Gasteiger partial charge in [-0.3, -0.25) is 9.52 Å². The van der Waals surface area contributed by atoms with E-state index in [9.17, 15) is 13.2 Å². The molecule has 2 aromatic carbocycles. The third-order valence-corrected chi connectivity index (χ3v) is 8.01. The van der Waals surface area contributed by atoms with Crippen molar-refractivity contribution in [3.05, 3.63) is 58.1 Å². The van der Waals surface area contributed by atoms with Gasteiger partial charge < -0.3 is 5.32 Å². The zero-order chi connectivity index (χ0) is 20.8. The summed E-state index contributed by atoms with van der Waals surface area (Å²) >= 11 is 6.19. The second kappa shape index (κ2) is 7.65. The Morgan fingerprint density at radius 2 is 1.86 bits per heavy atom. The topological polar surface area (TPSA) is 75.3 Å². The summed E-state index contributed by atoms with van der Waals surface area (Å²) in [5.41, 5.74) is 2.65. The van der Waals surface area contributed by atoms with Gasteiger partial charge in [-0.1, -0.05) is 35.7 Å². The third kappa shape index (κ3) is 4.14. The molecule has 2 fully saturated rings. The van der Waals surface area contributed by atoms with Gasteiger partial charge in [-0.25, -0.2) is 8.42 Å². The van der Waals surface area contributed by atoms with Gasteiger partial charge in [0.05, 0.1) is 10.7 Å². The summed E-state index contributed by atoms with van der Waals surface area (Å²) in [6, 6.07) is 10.0. The molecule has 154 valence electrons. The smallest absolute Gasteiger partial charge is 0.263 e. The van der Waals surface area contributed by atoms with E-state index in [-0.39, 0.29) is 21.9 Å². The molecule has 2 aliphatic rings. The Balaban J connectivity index is 1.56. The van der Waals surface area contributed by atoms with E-state index in [1.807, 2.05) is 26.0 Å². The van der Waals surface area contributed by atoms with Gasteiger partial charge in [0.15, 0.2) is 0 Å². The number of halogens is 1. The van der Waals surface area contributed by atoms with Crippen LogP contribution in [0, 0.1) is 25.7 Å². The van der Waals surface area contributed by atoms with E-state index in [1.54, 1.807) is 12.1 Å². The van der Waals surface area contributed by atoms with Gasteiger partial charge in [0.25, 0.3) is 15.9 Å². The van der Waals surface area contributed by atoms with Crippen molar-refractivity contribution < 1.29 is 13.2 Å². The van der Waals surface area contributed by atoms with Crippen molar-refractivity contribution in [2.24, 2.45) is 11.8 Å². The maximum atomic E-state index is 13.0. The maximum Gasteiger partial charge on any atom is 0.263 e. The number of anilines is 1. The van der Waals surface area contributed by atoms with Gasteiger partial charge in [0.1, 0.15) is 4.90 Å². The molecule has 29 heavy (non-hydrogen) atoms. The fraction of sp³-hybridized carbons (Fsp3) is 0.409. The van der Waals surface area contributed by atoms with E-state index in [0.717, 1.165) is 24.0 Å². The van der Waals surface area contributed by atoms with Crippen LogP contribution in [0.2, 0.25) is 5.02 Å². The van der Waals surface area contributed by atoms with Gasteiger partial charge in [0, 0.05) is 11.6 Å². The van der Waals surface area contributed by atoms with Gasteiger partial charge in [-0.2, -0.15) is 0 Å². The molecule has 1 amide bonds. The van der Waals surface area contributed by atoms with Crippen LogP contribution in [0.25, 0.3) is 0 Å². The third-order valence-electron chi connectivity index (χ3n) is 6.16. The molecule has 3 atom stereocenters. The van der Waals surface area contributed by atoms with Crippen LogP contribution in [0.5, 0.6) is 0 Å². The fourth-order valence-electron chi connectivity index (χ4n) is 4.65. The molecular formula is C22H25ClN2O3S. The van der Waals surface area contributed by atoms with Crippen molar-refractivity contribution in [2.45, 2.75) is 50.5 Å². The predicted molar refractivity (Wildman–Crippen MR) is 115 cm³/mol. The number of rotatable bonds is 5. The number of carbonyl (C=O) groups is 1. The van der Waals surface area contributed by atoms with Gasteiger partial charge in [-0.15, -0.1) is 0 Å². The first-order valence-corrected chi connectivity index (χ1v) is 11.8. The minimum absolute atomic E-state index is 0.0822. The molecule has 0 spiro atoms. The lowest BCUT2D eigenvalue weighted by molar-refractivity contribution is 0.0922. The van der Waals surface area contributed by atoms with Crippen LogP contribution in [-0.2, 0) is 10.0 Å². The number of fused-ring (bicyclic) bond motifs is 2. The Morgan fingerprint density at radius 1 is 1.07 bits per heavy atom. The van der Waals surface area contributed by atoms with Crippen molar-refractivity contribution in [3.8, 4) is 0 Å². The van der Waals surface area contributed by atoms with Crippen molar-refractivity contribution in [1.82, 2.24) is 5.32 Å². The normalized spacial score (nSPS) is 23.2. The molecule has 5 nitrogen and oxygen atoms in total. The summed E-state index contributed by atoms with van der Waals surface area (Å²) in [6.07, 6.45) is 4.62. The summed E-state index contributed by atoms with van der Waals surface area (Å²) in [4.78, 5) is 12.7. The Kier molecular flexibility index (Phi) is 5.34. The minimum Gasteiger partial charge on any atom is -0.349 e. The highest BCUT2D eigenvalue weighted by Crippen LogP contribution is 2.44. The van der Waals surface area contributed by atoms with Crippen LogP contribution >= 0.6 is 11.6 Å². The number of sulfonamides is 1. The standard InChI is InChI=1S/C22H25ClN2O3S/c1-13-3-8-19(14(2)9-13)25-29(27,28)21-12-17(6-7-18(21)23)22(26)24-20-11-15-4-5-16(20)10-15/h3,6-9,12,15-16,20,25H,4-5,10-11H2,1-2H3,(H,24,26)/t15-,16-,20+/m0/s1. The van der Waals surface area contributed by atoms with E-state index < -0.39 is 10.0 Å². The summed E-state index contributed by atoms with van der Waals surface area (Å²) in [7, 11) is -3.93. The van der Waals surface area contributed by atoms with Crippen LogP contribution in [0.3, 0.4) is 0 Å². The molecule has 2 N–H and O–H groups in total. The molecule has 2 bridgehead atoms. The molecule has 0 heterocycles. The number of benzene rings is 2. The van der Waals surface area contributed by atoms with Crippen LogP contribution < -0.4 is 10.0 Å². The van der Waals surface area contributed by atoms with Crippen LogP contribution in [0.1, 0.15) is 47.2 Å². The van der Waals surface area contributed by atoms with Crippen molar-refractivity contribution >= 4 is 33.2 Å². The fourth-order valence-corrected chi connectivity index (χ4v) is 6.31. The lowest BCUT2D eigenvalue weighted by Gasteiger charge is -2.23. The zero-order valence-corrected chi connectivity index (χ0v) is 18.1. The highest BCUT2D eigenvalue weighted by Gasteiger charge is 2.40. The highest BCUT2D eigenvalue weighted by molar-refractivity contribution is 7.92. The molecule has 2 saturated carbocycles. The van der Waals surface area contributed by atoms with Crippen molar-refractivity contribution in [2.75, 3.05) is 4.72 Å². The average Bonchev–Trinajstić information content (AvgIpc) is 3.27. The van der Waals surface area contributed by atoms with E-state index in [1.165, 1.54) is 25.0 Å². The van der Waals surface area contributed by atoms with Crippen molar-refractivity contribution in [1.29, 1.82) is 0 Å². The number of nitrogens with one attached hydrogen (secondary N) is 2. The summed E-state index contributed by atoms with van der Waals surface area (Å²) in [5.74, 6) is 1.02. The molecular weight excluding hydrogens is 408 g/mol. The van der Waals surface area contributed by atoms with Crippen LogP contribution in [0.15, 0.2) is 41.3 Å². The summed E-state index contributed by atoms with van der Waals surface area (Å²) in [5, 5.41) is 3.17. The molecule has 2 aromatic rings. The molecule has 0 aliphatic heterocycles. The van der Waals surface area contributed by atoms with Crippen LogP contribution in [0.4, 0.5) is 5.69 Å². The first-order valence-electron chi connectivity index (χ1n) is 9.93. The van der Waals surface area contributed by atoms with E-state index in [0.29, 0.717) is 23.1 Å². The Bertz CT molecular complexity index is 1070. The van der Waals surface area contributed by atoms with Crippen LogP contribution in [-0.4, -0.2) is 20.4 Å². The second-order valence-corrected chi connectivity index (χ2v) is 10.4. The highest BCUT2D eigenvalue weighted by atomic mass is 35.5. The minimum atomic E-state index is -3.93. The maximum absolute atomic E-state index is 13.0. The molecule has 4 rings (SSSR count). The molecule has 0 aromatic heterocycles. The molecule has 0 unspecified atom stereocenters. The molecule has 0 radical (unpaired) electrons. The number of carbonyl (C=O) groups excluding carboxylic acids is 1. The number of hydrogen-bond donors (Lipinski definition) is 2. The van der Waals surface area contributed by atoms with E-state index in [4.69, 9.17) is 11.6 Å². The number of aryl methyl sites for hydroxylation is 2.